The van der Waals surface area contributed by atoms with E-state index < -0.39 is 11.9 Å². The predicted octanol–water partition coefficient (Wildman–Crippen LogP) is 3.11. The predicted molar refractivity (Wildman–Crippen MR) is 82.1 cm³/mol. The molecule has 5 nitrogen and oxygen atoms in total. The first-order valence-electron chi connectivity index (χ1n) is 6.45. The standard InChI is InChI=1S/C15H13FN2O3S/c1-2-21-14(20)12-9-22-15(17-12)18-13(19)8-5-10-3-6-11(16)7-4-10/h3-9H,2H2,1H3,(H,17,18,19)/b8-5+. The van der Waals surface area contributed by atoms with Gasteiger partial charge in [0.15, 0.2) is 10.8 Å². The Kier molecular flexibility index (Phi) is 5.37. The number of hydrogen-bond donors (Lipinski definition) is 1. The maximum Gasteiger partial charge on any atom is 0.357 e. The topological polar surface area (TPSA) is 68.3 Å². The Balaban J connectivity index is 1.94. The van der Waals surface area contributed by atoms with Crippen LogP contribution in [-0.4, -0.2) is 23.5 Å². The zero-order valence-electron chi connectivity index (χ0n) is 11.7. The number of rotatable bonds is 5. The number of thiazole rings is 1. The molecule has 0 unspecified atom stereocenters. The minimum Gasteiger partial charge on any atom is -0.461 e. The first kappa shape index (κ1) is 15.8. The molecule has 1 aromatic heterocycles. The summed E-state index contributed by atoms with van der Waals surface area (Å²) in [6.07, 6.45) is 2.85. The molecule has 0 saturated heterocycles. The lowest BCUT2D eigenvalue weighted by Crippen LogP contribution is -2.09. The molecule has 0 fully saturated rings. The first-order chi connectivity index (χ1) is 10.6. The Hall–Kier alpha value is -2.54. The molecule has 114 valence electrons. The third-order valence-electron chi connectivity index (χ3n) is 2.52. The lowest BCUT2D eigenvalue weighted by Gasteiger charge is -1.97. The van der Waals surface area contributed by atoms with Gasteiger partial charge in [-0.1, -0.05) is 12.1 Å². The summed E-state index contributed by atoms with van der Waals surface area (Å²) in [4.78, 5) is 27.1. The summed E-state index contributed by atoms with van der Waals surface area (Å²) in [5, 5.41) is 4.35. The molecule has 0 saturated carbocycles. The zero-order chi connectivity index (χ0) is 15.9. The maximum atomic E-state index is 12.7. The number of carbonyl (C=O) groups excluding carboxylic acids is 2. The van der Waals surface area contributed by atoms with Gasteiger partial charge >= 0.3 is 5.97 Å². The number of aromatic nitrogens is 1. The average Bonchev–Trinajstić information content (AvgIpc) is 2.95. The molecule has 2 aromatic rings. The van der Waals surface area contributed by atoms with Gasteiger partial charge in [0, 0.05) is 11.5 Å². The van der Waals surface area contributed by atoms with Crippen LogP contribution in [0.25, 0.3) is 6.08 Å². The van der Waals surface area contributed by atoms with Gasteiger partial charge in [-0.15, -0.1) is 11.3 Å². The Bertz CT molecular complexity index is 695. The molecule has 0 aliphatic rings. The van der Waals surface area contributed by atoms with E-state index in [0.717, 1.165) is 11.3 Å². The van der Waals surface area contributed by atoms with E-state index in [0.29, 0.717) is 10.7 Å². The highest BCUT2D eigenvalue weighted by atomic mass is 32.1. The molecule has 1 N–H and O–H groups in total. The van der Waals surface area contributed by atoms with Crippen LogP contribution in [-0.2, 0) is 9.53 Å². The molecule has 0 atom stereocenters. The summed E-state index contributed by atoms with van der Waals surface area (Å²) < 4.78 is 17.6. The second-order valence-corrected chi connectivity index (χ2v) is 4.99. The molecular formula is C15H13FN2O3S. The van der Waals surface area contributed by atoms with Crippen molar-refractivity contribution in [1.82, 2.24) is 4.98 Å². The van der Waals surface area contributed by atoms with E-state index in [4.69, 9.17) is 4.74 Å². The number of benzene rings is 1. The number of nitrogens with one attached hydrogen (secondary N) is 1. The summed E-state index contributed by atoms with van der Waals surface area (Å²) in [6.45, 7) is 1.96. The second kappa shape index (κ2) is 7.46. The van der Waals surface area contributed by atoms with Crippen LogP contribution >= 0.6 is 11.3 Å². The van der Waals surface area contributed by atoms with Gasteiger partial charge in [-0.2, -0.15) is 0 Å². The first-order valence-corrected chi connectivity index (χ1v) is 7.33. The van der Waals surface area contributed by atoms with Crippen LogP contribution in [0.4, 0.5) is 9.52 Å². The van der Waals surface area contributed by atoms with Crippen LogP contribution in [0.2, 0.25) is 0 Å². The lowest BCUT2D eigenvalue weighted by molar-refractivity contribution is -0.111. The second-order valence-electron chi connectivity index (χ2n) is 4.13. The SMILES string of the molecule is CCOC(=O)c1csc(NC(=O)/C=C/c2ccc(F)cc2)n1. The van der Waals surface area contributed by atoms with Crippen molar-refractivity contribution in [2.45, 2.75) is 6.92 Å². The van der Waals surface area contributed by atoms with Crippen molar-refractivity contribution in [2.75, 3.05) is 11.9 Å². The van der Waals surface area contributed by atoms with Crippen molar-refractivity contribution >= 4 is 34.4 Å². The van der Waals surface area contributed by atoms with Gasteiger partial charge < -0.3 is 4.74 Å². The van der Waals surface area contributed by atoms with Gasteiger partial charge in [0.2, 0.25) is 5.91 Å². The highest BCUT2D eigenvalue weighted by Gasteiger charge is 2.12. The maximum absolute atomic E-state index is 12.7. The fourth-order valence-corrected chi connectivity index (χ4v) is 2.21. The molecule has 0 radical (unpaired) electrons. The summed E-state index contributed by atoms with van der Waals surface area (Å²) in [5.74, 6) is -1.26. The number of halogens is 1. The van der Waals surface area contributed by atoms with Crippen molar-refractivity contribution < 1.29 is 18.7 Å². The Labute approximate surface area is 130 Å². The molecule has 0 bridgehead atoms. The lowest BCUT2D eigenvalue weighted by atomic mass is 10.2. The molecular weight excluding hydrogens is 307 g/mol. The molecule has 0 aliphatic carbocycles. The number of carbonyl (C=O) groups is 2. The van der Waals surface area contributed by atoms with Crippen molar-refractivity contribution in [3.63, 3.8) is 0 Å². The largest absolute Gasteiger partial charge is 0.461 e. The Morgan fingerprint density at radius 1 is 1.36 bits per heavy atom. The molecule has 7 heteroatoms. The van der Waals surface area contributed by atoms with Crippen LogP contribution in [0.1, 0.15) is 23.0 Å². The van der Waals surface area contributed by atoms with Crippen molar-refractivity contribution in [3.05, 3.63) is 52.8 Å². The monoisotopic (exact) mass is 320 g/mol. The number of hydrogen-bond acceptors (Lipinski definition) is 5. The quantitative estimate of drug-likeness (QED) is 0.679. The van der Waals surface area contributed by atoms with E-state index in [-0.39, 0.29) is 18.1 Å². The highest BCUT2D eigenvalue weighted by molar-refractivity contribution is 7.14. The Morgan fingerprint density at radius 3 is 2.77 bits per heavy atom. The van der Waals surface area contributed by atoms with E-state index in [9.17, 15) is 14.0 Å². The van der Waals surface area contributed by atoms with Crippen LogP contribution in [0.5, 0.6) is 0 Å². The third-order valence-corrected chi connectivity index (χ3v) is 3.27. The fourth-order valence-electron chi connectivity index (χ4n) is 1.52. The summed E-state index contributed by atoms with van der Waals surface area (Å²) in [6, 6.07) is 5.73. The molecule has 0 aliphatic heterocycles. The van der Waals surface area contributed by atoms with Crippen LogP contribution in [0.3, 0.4) is 0 Å². The van der Waals surface area contributed by atoms with Gasteiger partial charge in [0.25, 0.3) is 0 Å². The highest BCUT2D eigenvalue weighted by Crippen LogP contribution is 2.16. The average molecular weight is 320 g/mol. The number of esters is 1. The fraction of sp³-hybridized carbons (Fsp3) is 0.133. The summed E-state index contributed by atoms with van der Waals surface area (Å²) >= 11 is 1.13. The van der Waals surface area contributed by atoms with Crippen molar-refractivity contribution in [2.24, 2.45) is 0 Å². The number of anilines is 1. The van der Waals surface area contributed by atoms with Crippen molar-refractivity contribution in [3.8, 4) is 0 Å². The summed E-state index contributed by atoms with van der Waals surface area (Å²) in [7, 11) is 0. The van der Waals surface area contributed by atoms with Gasteiger partial charge in [-0.05, 0) is 30.7 Å². The molecule has 1 heterocycles. The third kappa shape index (κ3) is 4.49. The smallest absolute Gasteiger partial charge is 0.357 e. The van der Waals surface area contributed by atoms with Crippen LogP contribution < -0.4 is 5.32 Å². The molecule has 22 heavy (non-hydrogen) atoms. The minimum absolute atomic E-state index is 0.157. The van der Waals surface area contributed by atoms with Gasteiger partial charge in [0.05, 0.1) is 6.61 Å². The number of amides is 1. The van der Waals surface area contributed by atoms with E-state index in [1.165, 1.54) is 23.6 Å². The molecule has 2 rings (SSSR count). The molecule has 0 spiro atoms. The van der Waals surface area contributed by atoms with E-state index in [1.54, 1.807) is 25.1 Å². The van der Waals surface area contributed by atoms with Gasteiger partial charge in [-0.25, -0.2) is 14.2 Å². The van der Waals surface area contributed by atoms with E-state index in [1.807, 2.05) is 0 Å². The van der Waals surface area contributed by atoms with Gasteiger partial charge in [0.1, 0.15) is 5.82 Å². The van der Waals surface area contributed by atoms with Crippen LogP contribution in [0.15, 0.2) is 35.7 Å². The molecule has 1 amide bonds. The van der Waals surface area contributed by atoms with Gasteiger partial charge in [-0.3, -0.25) is 10.1 Å². The van der Waals surface area contributed by atoms with Crippen LogP contribution in [0, 0.1) is 5.82 Å². The molecule has 1 aromatic carbocycles. The van der Waals surface area contributed by atoms with E-state index in [2.05, 4.69) is 10.3 Å². The van der Waals surface area contributed by atoms with Crippen molar-refractivity contribution in [1.29, 1.82) is 0 Å². The minimum atomic E-state index is -0.527. The number of ether oxygens (including phenoxy) is 1. The zero-order valence-corrected chi connectivity index (χ0v) is 12.5. The van der Waals surface area contributed by atoms with E-state index >= 15 is 0 Å². The normalized spacial score (nSPS) is 10.6. The Morgan fingerprint density at radius 2 is 2.09 bits per heavy atom. The summed E-state index contributed by atoms with van der Waals surface area (Å²) in [5.41, 5.74) is 0.854. The number of nitrogens with zero attached hydrogens (tertiary/aromatic N) is 1.